The highest BCUT2D eigenvalue weighted by atomic mass is 16.1. The van der Waals surface area contributed by atoms with Crippen LogP contribution in [0, 0.1) is 17.8 Å². The van der Waals surface area contributed by atoms with Crippen LogP contribution in [-0.4, -0.2) is 25.0 Å². The lowest BCUT2D eigenvalue weighted by molar-refractivity contribution is -0.127. The second-order valence-electron chi connectivity index (χ2n) is 7.19. The minimum Gasteiger partial charge on any atom is -0.356 e. The van der Waals surface area contributed by atoms with E-state index in [1.807, 2.05) is 0 Å². The summed E-state index contributed by atoms with van der Waals surface area (Å²) in [7, 11) is 0. The molecule has 2 aliphatic carbocycles. The number of hydrogen-bond donors (Lipinski definition) is 2. The standard InChI is InChI=1S/C17H30N2O/c20-17(19-11-9-16-6-3-10-18-16)15-8-7-13-4-1-2-5-14(13)12-15/h13-16,18H,1-12H2,(H,19,20). The number of carbonyl (C=O) groups is 1. The first-order valence-corrected chi connectivity index (χ1v) is 8.84. The average molecular weight is 278 g/mol. The summed E-state index contributed by atoms with van der Waals surface area (Å²) in [5.74, 6) is 2.44. The zero-order valence-corrected chi connectivity index (χ0v) is 12.7. The molecule has 114 valence electrons. The molecule has 0 radical (unpaired) electrons. The summed E-state index contributed by atoms with van der Waals surface area (Å²) < 4.78 is 0. The number of fused-ring (bicyclic) bond motifs is 1. The minimum atomic E-state index is 0.311. The summed E-state index contributed by atoms with van der Waals surface area (Å²) in [6.07, 6.45) is 12.9. The van der Waals surface area contributed by atoms with Crippen LogP contribution in [0.5, 0.6) is 0 Å². The van der Waals surface area contributed by atoms with Crippen molar-refractivity contribution in [3.63, 3.8) is 0 Å². The Labute approximate surface area is 123 Å². The molecule has 0 aromatic heterocycles. The Balaban J connectivity index is 1.38. The van der Waals surface area contributed by atoms with Crippen LogP contribution in [0.15, 0.2) is 0 Å². The van der Waals surface area contributed by atoms with Gasteiger partial charge in [-0.1, -0.05) is 25.7 Å². The SMILES string of the molecule is O=C(NCCC1CCCN1)C1CCC2CCCCC2C1. The van der Waals surface area contributed by atoms with E-state index < -0.39 is 0 Å². The van der Waals surface area contributed by atoms with Crippen LogP contribution in [0.25, 0.3) is 0 Å². The van der Waals surface area contributed by atoms with E-state index in [2.05, 4.69) is 10.6 Å². The van der Waals surface area contributed by atoms with Crippen LogP contribution in [0.4, 0.5) is 0 Å². The molecule has 4 atom stereocenters. The quantitative estimate of drug-likeness (QED) is 0.830. The molecular formula is C17H30N2O. The van der Waals surface area contributed by atoms with Gasteiger partial charge in [-0.25, -0.2) is 0 Å². The number of hydrogen-bond acceptors (Lipinski definition) is 2. The Kier molecular flexibility index (Phi) is 4.98. The van der Waals surface area contributed by atoms with Gasteiger partial charge < -0.3 is 10.6 Å². The van der Waals surface area contributed by atoms with E-state index in [-0.39, 0.29) is 0 Å². The van der Waals surface area contributed by atoms with E-state index in [1.165, 1.54) is 44.9 Å². The molecule has 0 spiro atoms. The molecule has 0 aromatic carbocycles. The van der Waals surface area contributed by atoms with Crippen molar-refractivity contribution in [1.29, 1.82) is 0 Å². The number of rotatable bonds is 4. The van der Waals surface area contributed by atoms with Gasteiger partial charge in [0.2, 0.25) is 5.91 Å². The third kappa shape index (κ3) is 3.55. The normalized spacial score (nSPS) is 37.4. The predicted molar refractivity (Wildman–Crippen MR) is 81.4 cm³/mol. The lowest BCUT2D eigenvalue weighted by Gasteiger charge is -2.38. The zero-order valence-electron chi connectivity index (χ0n) is 12.7. The molecule has 1 amide bonds. The summed E-state index contributed by atoms with van der Waals surface area (Å²) in [5, 5.41) is 6.69. The first-order chi connectivity index (χ1) is 9.83. The van der Waals surface area contributed by atoms with E-state index >= 15 is 0 Å². The fraction of sp³-hybridized carbons (Fsp3) is 0.941. The average Bonchev–Trinajstić information content (AvgIpc) is 3.00. The molecule has 3 nitrogen and oxygen atoms in total. The molecule has 3 heteroatoms. The third-order valence-electron chi connectivity index (χ3n) is 5.86. The van der Waals surface area contributed by atoms with E-state index in [9.17, 15) is 4.79 Å². The highest BCUT2D eigenvalue weighted by molar-refractivity contribution is 5.78. The summed E-state index contributed by atoms with van der Waals surface area (Å²) in [5.41, 5.74) is 0. The van der Waals surface area contributed by atoms with Crippen LogP contribution < -0.4 is 10.6 Å². The Morgan fingerprint density at radius 2 is 1.85 bits per heavy atom. The van der Waals surface area contributed by atoms with Gasteiger partial charge in [-0.05, 0) is 56.9 Å². The molecule has 1 heterocycles. The maximum atomic E-state index is 12.3. The Morgan fingerprint density at radius 1 is 1.00 bits per heavy atom. The monoisotopic (exact) mass is 278 g/mol. The summed E-state index contributed by atoms with van der Waals surface area (Å²) in [6, 6.07) is 0.643. The van der Waals surface area contributed by atoms with Gasteiger partial charge in [0.25, 0.3) is 0 Å². The first-order valence-electron chi connectivity index (χ1n) is 8.84. The highest BCUT2D eigenvalue weighted by Crippen LogP contribution is 2.42. The maximum absolute atomic E-state index is 12.3. The number of nitrogens with one attached hydrogen (secondary N) is 2. The number of carbonyl (C=O) groups excluding carboxylic acids is 1. The molecule has 4 unspecified atom stereocenters. The van der Waals surface area contributed by atoms with Crippen molar-refractivity contribution in [2.24, 2.45) is 17.8 Å². The van der Waals surface area contributed by atoms with Gasteiger partial charge in [-0.2, -0.15) is 0 Å². The molecule has 2 saturated carbocycles. The second kappa shape index (κ2) is 6.93. The van der Waals surface area contributed by atoms with Crippen molar-refractivity contribution in [3.8, 4) is 0 Å². The Bertz CT molecular complexity index is 325. The highest BCUT2D eigenvalue weighted by Gasteiger charge is 2.34. The maximum Gasteiger partial charge on any atom is 0.223 e. The van der Waals surface area contributed by atoms with Crippen LogP contribution in [0.3, 0.4) is 0 Å². The molecule has 2 N–H and O–H groups in total. The Morgan fingerprint density at radius 3 is 2.65 bits per heavy atom. The fourth-order valence-electron chi connectivity index (χ4n) is 4.63. The smallest absolute Gasteiger partial charge is 0.223 e. The van der Waals surface area contributed by atoms with E-state index in [0.717, 1.165) is 44.2 Å². The second-order valence-corrected chi connectivity index (χ2v) is 7.19. The predicted octanol–water partition coefficient (Wildman–Crippen LogP) is 2.85. The van der Waals surface area contributed by atoms with Crippen molar-refractivity contribution in [2.75, 3.05) is 13.1 Å². The number of amides is 1. The zero-order chi connectivity index (χ0) is 13.8. The van der Waals surface area contributed by atoms with Crippen LogP contribution in [0.1, 0.15) is 64.2 Å². The van der Waals surface area contributed by atoms with Gasteiger partial charge in [-0.15, -0.1) is 0 Å². The molecular weight excluding hydrogens is 248 g/mol. The molecule has 3 rings (SSSR count). The van der Waals surface area contributed by atoms with E-state index in [0.29, 0.717) is 17.9 Å². The molecule has 3 fully saturated rings. The summed E-state index contributed by atoms with van der Waals surface area (Å²) in [6.45, 7) is 2.02. The van der Waals surface area contributed by atoms with Gasteiger partial charge >= 0.3 is 0 Å². The van der Waals surface area contributed by atoms with Crippen LogP contribution >= 0.6 is 0 Å². The topological polar surface area (TPSA) is 41.1 Å². The molecule has 1 aliphatic heterocycles. The lowest BCUT2D eigenvalue weighted by Crippen LogP contribution is -2.38. The van der Waals surface area contributed by atoms with Gasteiger partial charge in [0.05, 0.1) is 0 Å². The van der Waals surface area contributed by atoms with Crippen molar-refractivity contribution >= 4 is 5.91 Å². The fourth-order valence-corrected chi connectivity index (χ4v) is 4.63. The molecule has 3 aliphatic rings. The van der Waals surface area contributed by atoms with Crippen LogP contribution in [0.2, 0.25) is 0 Å². The van der Waals surface area contributed by atoms with Gasteiger partial charge in [0, 0.05) is 18.5 Å². The van der Waals surface area contributed by atoms with Gasteiger partial charge in [0.15, 0.2) is 0 Å². The minimum absolute atomic E-state index is 0.311. The van der Waals surface area contributed by atoms with Gasteiger partial charge in [0.1, 0.15) is 0 Å². The van der Waals surface area contributed by atoms with E-state index in [4.69, 9.17) is 0 Å². The summed E-state index contributed by atoms with van der Waals surface area (Å²) >= 11 is 0. The largest absolute Gasteiger partial charge is 0.356 e. The van der Waals surface area contributed by atoms with Crippen molar-refractivity contribution in [3.05, 3.63) is 0 Å². The first kappa shape index (κ1) is 14.4. The van der Waals surface area contributed by atoms with Gasteiger partial charge in [-0.3, -0.25) is 4.79 Å². The Hall–Kier alpha value is -0.570. The summed E-state index contributed by atoms with van der Waals surface area (Å²) in [4.78, 5) is 12.3. The van der Waals surface area contributed by atoms with Crippen molar-refractivity contribution in [2.45, 2.75) is 70.3 Å². The molecule has 0 aromatic rings. The molecule has 0 bridgehead atoms. The molecule has 20 heavy (non-hydrogen) atoms. The van der Waals surface area contributed by atoms with Crippen molar-refractivity contribution in [1.82, 2.24) is 10.6 Å². The van der Waals surface area contributed by atoms with E-state index in [1.54, 1.807) is 0 Å². The van der Waals surface area contributed by atoms with Crippen molar-refractivity contribution < 1.29 is 4.79 Å². The third-order valence-corrected chi connectivity index (χ3v) is 5.86. The lowest BCUT2D eigenvalue weighted by atomic mass is 9.67. The molecule has 1 saturated heterocycles. The van der Waals surface area contributed by atoms with Crippen LogP contribution in [-0.2, 0) is 4.79 Å².